The van der Waals surface area contributed by atoms with Crippen LogP contribution in [0.5, 0.6) is 0 Å². The Balaban J connectivity index is 1.58. The topological polar surface area (TPSA) is 75.0 Å². The van der Waals surface area contributed by atoms with Crippen LogP contribution in [0.25, 0.3) is 22.2 Å². The summed E-state index contributed by atoms with van der Waals surface area (Å²) in [5, 5.41) is 4.85. The fraction of sp³-hybridized carbons (Fsp3) is 0.292. The average Bonchev–Trinajstić information content (AvgIpc) is 3.13. The molecule has 6 nitrogen and oxygen atoms in total. The molecule has 0 saturated heterocycles. The number of aromatic nitrogens is 3. The van der Waals surface area contributed by atoms with Crippen molar-refractivity contribution < 1.29 is 8.91 Å². The number of halogens is 1. The minimum atomic E-state index is -0.288. The third-order valence-corrected chi connectivity index (χ3v) is 5.36. The van der Waals surface area contributed by atoms with E-state index in [1.165, 1.54) is 12.1 Å². The lowest BCUT2D eigenvalue weighted by atomic mass is 10.1. The maximum absolute atomic E-state index is 13.2. The molecule has 4 aromatic rings. The first-order chi connectivity index (χ1) is 15.0. The molecule has 1 N–H and O–H groups in total. The van der Waals surface area contributed by atoms with Gasteiger partial charge in [-0.1, -0.05) is 30.6 Å². The second-order valence-electron chi connectivity index (χ2n) is 7.68. The molecule has 0 atom stereocenters. The summed E-state index contributed by atoms with van der Waals surface area (Å²) in [5.41, 5.74) is 3.09. The predicted octanol–water partition coefficient (Wildman–Crippen LogP) is 4.83. The smallest absolute Gasteiger partial charge is 0.258 e. The fourth-order valence-electron chi connectivity index (χ4n) is 3.62. The molecule has 160 valence electrons. The van der Waals surface area contributed by atoms with Gasteiger partial charge >= 0.3 is 0 Å². The number of hydrogen-bond acceptors (Lipinski definition) is 5. The Hall–Kier alpha value is -3.32. The van der Waals surface area contributed by atoms with Crippen molar-refractivity contribution in [3.63, 3.8) is 0 Å². The van der Waals surface area contributed by atoms with Crippen molar-refractivity contribution in [3.05, 3.63) is 81.8 Å². The van der Waals surface area contributed by atoms with E-state index in [0.717, 1.165) is 36.2 Å². The van der Waals surface area contributed by atoms with Gasteiger partial charge in [-0.25, -0.2) is 9.37 Å². The monoisotopic (exact) mass is 420 g/mol. The maximum atomic E-state index is 13.2. The van der Waals surface area contributed by atoms with Crippen LogP contribution in [0.15, 0.2) is 57.8 Å². The molecule has 0 unspecified atom stereocenters. The Labute approximate surface area is 179 Å². The number of H-pyrrole nitrogens is 1. The van der Waals surface area contributed by atoms with Crippen LogP contribution in [0.4, 0.5) is 4.39 Å². The van der Waals surface area contributed by atoms with E-state index in [-0.39, 0.29) is 11.4 Å². The Morgan fingerprint density at radius 1 is 1.10 bits per heavy atom. The molecular formula is C24H25FN4O2. The molecule has 0 amide bonds. The normalized spacial score (nSPS) is 11.5. The number of fused-ring (bicyclic) bond motifs is 1. The van der Waals surface area contributed by atoms with Gasteiger partial charge in [0.2, 0.25) is 0 Å². The van der Waals surface area contributed by atoms with Crippen LogP contribution in [0.1, 0.15) is 36.8 Å². The predicted molar refractivity (Wildman–Crippen MR) is 118 cm³/mol. The van der Waals surface area contributed by atoms with Crippen LogP contribution in [-0.2, 0) is 13.1 Å². The Morgan fingerprint density at radius 2 is 1.87 bits per heavy atom. The highest BCUT2D eigenvalue weighted by atomic mass is 19.1. The van der Waals surface area contributed by atoms with E-state index in [2.05, 4.69) is 26.9 Å². The summed E-state index contributed by atoms with van der Waals surface area (Å²) in [5.74, 6) is 0.978. The molecule has 0 radical (unpaired) electrons. The summed E-state index contributed by atoms with van der Waals surface area (Å²) in [6.07, 6.45) is 2.07. The molecule has 7 heteroatoms. The molecule has 0 spiro atoms. The lowest BCUT2D eigenvalue weighted by molar-refractivity contribution is 0.238. The number of nitrogens with one attached hydrogen (secondary N) is 1. The Kier molecular flexibility index (Phi) is 6.23. The first-order valence-electron chi connectivity index (χ1n) is 10.5. The molecule has 0 saturated carbocycles. The van der Waals surface area contributed by atoms with Crippen molar-refractivity contribution in [1.82, 2.24) is 20.0 Å². The molecule has 0 fully saturated rings. The SMILES string of the molecule is CCCCN(Cc1nc2ccccc2c(=O)[nH]1)Cc1noc(-c2ccc(F)cc2)c1C. The molecule has 0 aliphatic carbocycles. The van der Waals surface area contributed by atoms with Crippen molar-refractivity contribution >= 4 is 10.9 Å². The van der Waals surface area contributed by atoms with Gasteiger partial charge in [0.1, 0.15) is 17.3 Å². The Bertz CT molecular complexity index is 1230. The molecule has 2 heterocycles. The van der Waals surface area contributed by atoms with Gasteiger partial charge in [0.05, 0.1) is 17.4 Å². The maximum Gasteiger partial charge on any atom is 0.258 e. The average molecular weight is 420 g/mol. The number of rotatable bonds is 8. The summed E-state index contributed by atoms with van der Waals surface area (Å²) in [7, 11) is 0. The van der Waals surface area contributed by atoms with E-state index in [9.17, 15) is 9.18 Å². The number of unbranched alkanes of at least 4 members (excludes halogenated alkanes) is 1. The molecule has 31 heavy (non-hydrogen) atoms. The Morgan fingerprint density at radius 3 is 2.65 bits per heavy atom. The van der Waals surface area contributed by atoms with Gasteiger partial charge < -0.3 is 9.51 Å². The van der Waals surface area contributed by atoms with Crippen molar-refractivity contribution in [3.8, 4) is 11.3 Å². The van der Waals surface area contributed by atoms with Gasteiger partial charge in [-0.3, -0.25) is 9.69 Å². The van der Waals surface area contributed by atoms with Gasteiger partial charge in [-0.2, -0.15) is 0 Å². The third kappa shape index (κ3) is 4.72. The number of para-hydroxylation sites is 1. The zero-order valence-corrected chi connectivity index (χ0v) is 17.7. The molecule has 0 bridgehead atoms. The lowest BCUT2D eigenvalue weighted by Crippen LogP contribution is -2.27. The van der Waals surface area contributed by atoms with E-state index in [1.54, 1.807) is 18.2 Å². The van der Waals surface area contributed by atoms with E-state index in [1.807, 2.05) is 25.1 Å². The van der Waals surface area contributed by atoms with Crippen LogP contribution in [0.2, 0.25) is 0 Å². The van der Waals surface area contributed by atoms with Crippen molar-refractivity contribution in [2.75, 3.05) is 6.54 Å². The standard InChI is InChI=1S/C24H25FN4O2/c1-3-4-13-29(15-22-26-20-8-6-5-7-19(20)24(30)27-22)14-21-16(2)23(31-28-21)17-9-11-18(25)12-10-17/h5-12H,3-4,13-15H2,1-2H3,(H,26,27,30). The van der Waals surface area contributed by atoms with Gasteiger partial charge in [-0.15, -0.1) is 0 Å². The molecule has 0 aliphatic heterocycles. The molecule has 2 aromatic heterocycles. The van der Waals surface area contributed by atoms with Gasteiger partial charge in [0, 0.05) is 17.7 Å². The zero-order valence-electron chi connectivity index (χ0n) is 17.7. The molecule has 2 aromatic carbocycles. The minimum Gasteiger partial charge on any atom is -0.356 e. The van der Waals surface area contributed by atoms with Crippen LogP contribution < -0.4 is 5.56 Å². The summed E-state index contributed by atoms with van der Waals surface area (Å²) < 4.78 is 18.8. The summed E-state index contributed by atoms with van der Waals surface area (Å²) in [4.78, 5) is 22.2. The van der Waals surface area contributed by atoms with E-state index < -0.39 is 0 Å². The highest BCUT2D eigenvalue weighted by molar-refractivity contribution is 5.77. The number of benzene rings is 2. The van der Waals surface area contributed by atoms with E-state index >= 15 is 0 Å². The fourth-order valence-corrected chi connectivity index (χ4v) is 3.62. The zero-order chi connectivity index (χ0) is 21.8. The van der Waals surface area contributed by atoms with Crippen molar-refractivity contribution in [2.45, 2.75) is 39.8 Å². The molecule has 0 aliphatic rings. The van der Waals surface area contributed by atoms with Crippen LogP contribution in [0.3, 0.4) is 0 Å². The van der Waals surface area contributed by atoms with E-state index in [4.69, 9.17) is 4.52 Å². The highest BCUT2D eigenvalue weighted by Gasteiger charge is 2.18. The van der Waals surface area contributed by atoms with Gasteiger partial charge in [0.25, 0.3) is 5.56 Å². The van der Waals surface area contributed by atoms with Crippen LogP contribution >= 0.6 is 0 Å². The second-order valence-corrected chi connectivity index (χ2v) is 7.68. The van der Waals surface area contributed by atoms with Crippen LogP contribution in [0, 0.1) is 12.7 Å². The lowest BCUT2D eigenvalue weighted by Gasteiger charge is -2.20. The number of hydrogen-bond donors (Lipinski definition) is 1. The number of aromatic amines is 1. The quantitative estimate of drug-likeness (QED) is 0.442. The van der Waals surface area contributed by atoms with E-state index in [0.29, 0.717) is 35.6 Å². The minimum absolute atomic E-state index is 0.132. The van der Waals surface area contributed by atoms with Gasteiger partial charge in [0.15, 0.2) is 5.76 Å². The first kappa shape index (κ1) is 20.9. The second kappa shape index (κ2) is 9.22. The summed E-state index contributed by atoms with van der Waals surface area (Å²) in [6.45, 7) is 6.00. The molecular weight excluding hydrogens is 395 g/mol. The molecule has 4 rings (SSSR count). The first-order valence-corrected chi connectivity index (χ1v) is 10.5. The van der Waals surface area contributed by atoms with Crippen molar-refractivity contribution in [2.24, 2.45) is 0 Å². The third-order valence-electron chi connectivity index (χ3n) is 5.36. The van der Waals surface area contributed by atoms with Gasteiger partial charge in [-0.05, 0) is 56.3 Å². The largest absolute Gasteiger partial charge is 0.356 e. The van der Waals surface area contributed by atoms with Crippen molar-refractivity contribution in [1.29, 1.82) is 0 Å². The number of nitrogens with zero attached hydrogens (tertiary/aromatic N) is 3. The van der Waals surface area contributed by atoms with Crippen LogP contribution in [-0.4, -0.2) is 26.6 Å². The summed E-state index contributed by atoms with van der Waals surface area (Å²) in [6, 6.07) is 13.5. The summed E-state index contributed by atoms with van der Waals surface area (Å²) >= 11 is 0. The highest BCUT2D eigenvalue weighted by Crippen LogP contribution is 2.27.